The fourth-order valence-corrected chi connectivity index (χ4v) is 8.59. The molecule has 310 valence electrons. The van der Waals surface area contributed by atoms with Crippen molar-refractivity contribution >= 4 is 11.8 Å². The number of aliphatic hydroxyl groups excluding tert-OH is 4. The van der Waals surface area contributed by atoms with Crippen LogP contribution >= 0.6 is 0 Å². The van der Waals surface area contributed by atoms with E-state index in [4.69, 9.17) is 33.2 Å². The second-order valence-corrected chi connectivity index (χ2v) is 16.6. The molecule has 0 saturated carbocycles. The van der Waals surface area contributed by atoms with Crippen molar-refractivity contribution < 1.29 is 68.3 Å². The first kappa shape index (κ1) is 46.0. The van der Waals surface area contributed by atoms with Crippen molar-refractivity contribution in [2.75, 3.05) is 34.9 Å². The number of aliphatic hydroxyl groups is 5. The van der Waals surface area contributed by atoms with Crippen LogP contribution < -0.4 is 0 Å². The van der Waals surface area contributed by atoms with Gasteiger partial charge in [-0.1, -0.05) is 27.7 Å². The third kappa shape index (κ3) is 9.80. The molecule has 3 aliphatic rings. The van der Waals surface area contributed by atoms with Crippen LogP contribution in [0, 0.1) is 23.7 Å². The lowest BCUT2D eigenvalue weighted by Crippen LogP contribution is -2.61. The standard InChI is InChI=1S/C38H69NO14/c1-14-26-38(9,46)31(43)20(3)28(41)19(2)16-37(8,48-13)33(53-35-29(42)25(39(10)11)15-24(18-40)50-35)21(4)30(22(5)34(45)51-26)52-27-17-36(7,47-12)32(44)23(6)49-27/h19-27,29-33,35,40,42-44,46H,14-18H2,1-13H3/t19-,20+,21+,22-,23+,24+,25+,26-,27+,29-,30+,31-,32+,33-,35+,36-,37-,38-/m1/s1. The predicted octanol–water partition coefficient (Wildman–Crippen LogP) is 1.41. The molecule has 3 aliphatic heterocycles. The van der Waals surface area contributed by atoms with E-state index in [0.717, 1.165) is 0 Å². The number of carbonyl (C=O) groups excluding carboxylic acids is 2. The maximum Gasteiger partial charge on any atom is 0.311 e. The number of rotatable bonds is 9. The molecule has 3 rings (SSSR count). The summed E-state index contributed by atoms with van der Waals surface area (Å²) in [6.45, 7) is 14.6. The number of Topliss-reactive ketones (excluding diaryl/α,β-unsaturated/α-hetero) is 1. The molecule has 53 heavy (non-hydrogen) atoms. The number of carbonyl (C=O) groups is 2. The van der Waals surface area contributed by atoms with Gasteiger partial charge in [0.2, 0.25) is 0 Å². The van der Waals surface area contributed by atoms with Gasteiger partial charge in [0.25, 0.3) is 0 Å². The Balaban J connectivity index is 2.23. The lowest BCUT2D eigenvalue weighted by molar-refractivity contribution is -0.321. The molecular weight excluding hydrogens is 694 g/mol. The van der Waals surface area contributed by atoms with E-state index in [0.29, 0.717) is 6.42 Å². The summed E-state index contributed by atoms with van der Waals surface area (Å²) >= 11 is 0. The largest absolute Gasteiger partial charge is 0.459 e. The number of ketones is 1. The van der Waals surface area contributed by atoms with E-state index in [2.05, 4.69) is 0 Å². The molecule has 0 amide bonds. The molecule has 15 heteroatoms. The first-order valence-corrected chi connectivity index (χ1v) is 19.0. The molecule has 0 aromatic rings. The molecular formula is C38H69NO14. The van der Waals surface area contributed by atoms with E-state index in [-0.39, 0.29) is 31.7 Å². The van der Waals surface area contributed by atoms with Crippen molar-refractivity contribution in [3.63, 3.8) is 0 Å². The molecule has 0 aromatic heterocycles. The normalized spacial score (nSPS) is 48.3. The van der Waals surface area contributed by atoms with Gasteiger partial charge in [0.05, 0.1) is 54.2 Å². The van der Waals surface area contributed by atoms with Crippen molar-refractivity contribution in [2.45, 2.75) is 172 Å². The molecule has 3 saturated heterocycles. The summed E-state index contributed by atoms with van der Waals surface area (Å²) in [5.41, 5.74) is -4.35. The molecule has 0 radical (unpaired) electrons. The number of hydrogen-bond acceptors (Lipinski definition) is 15. The summed E-state index contributed by atoms with van der Waals surface area (Å²) in [7, 11) is 6.58. The fraction of sp³-hybridized carbons (Fsp3) is 0.947. The number of hydrogen-bond donors (Lipinski definition) is 5. The molecule has 0 aliphatic carbocycles. The molecule has 0 aromatic carbocycles. The Morgan fingerprint density at radius 3 is 2.00 bits per heavy atom. The molecule has 0 spiro atoms. The lowest BCUT2D eigenvalue weighted by Gasteiger charge is -2.50. The van der Waals surface area contributed by atoms with E-state index in [1.807, 2.05) is 19.0 Å². The Kier molecular flexibility index (Phi) is 15.9. The molecule has 18 atom stereocenters. The van der Waals surface area contributed by atoms with Gasteiger partial charge in [-0.2, -0.15) is 0 Å². The zero-order valence-corrected chi connectivity index (χ0v) is 34.1. The lowest BCUT2D eigenvalue weighted by atomic mass is 9.74. The molecule has 15 nitrogen and oxygen atoms in total. The minimum absolute atomic E-state index is 0.0630. The van der Waals surface area contributed by atoms with Gasteiger partial charge in [0.1, 0.15) is 29.7 Å². The Hall–Kier alpha value is -1.34. The van der Waals surface area contributed by atoms with Crippen LogP contribution in [0.3, 0.4) is 0 Å². The second kappa shape index (κ2) is 18.3. The van der Waals surface area contributed by atoms with E-state index in [1.54, 1.807) is 48.5 Å². The number of cyclic esters (lactones) is 1. The maximum atomic E-state index is 14.2. The van der Waals surface area contributed by atoms with E-state index in [9.17, 15) is 35.1 Å². The summed E-state index contributed by atoms with van der Waals surface area (Å²) < 4.78 is 43.6. The van der Waals surface area contributed by atoms with Crippen LogP contribution in [0.25, 0.3) is 0 Å². The maximum absolute atomic E-state index is 14.2. The van der Waals surface area contributed by atoms with E-state index < -0.39 is 114 Å². The highest BCUT2D eigenvalue weighted by Gasteiger charge is 2.54. The van der Waals surface area contributed by atoms with Crippen molar-refractivity contribution in [3.8, 4) is 0 Å². The van der Waals surface area contributed by atoms with Gasteiger partial charge in [-0.05, 0) is 68.0 Å². The van der Waals surface area contributed by atoms with Gasteiger partial charge in [-0.25, -0.2) is 0 Å². The molecule has 3 heterocycles. The van der Waals surface area contributed by atoms with Gasteiger partial charge in [-0.15, -0.1) is 0 Å². The summed E-state index contributed by atoms with van der Waals surface area (Å²) in [6, 6.07) is -0.439. The molecule has 0 unspecified atom stereocenters. The van der Waals surface area contributed by atoms with Crippen LogP contribution in [0.2, 0.25) is 0 Å². The predicted molar refractivity (Wildman–Crippen MR) is 192 cm³/mol. The number of esters is 1. The molecule has 3 fully saturated rings. The van der Waals surface area contributed by atoms with Crippen molar-refractivity contribution in [3.05, 3.63) is 0 Å². The monoisotopic (exact) mass is 763 g/mol. The van der Waals surface area contributed by atoms with Crippen molar-refractivity contribution in [1.29, 1.82) is 0 Å². The highest BCUT2D eigenvalue weighted by molar-refractivity contribution is 5.83. The smallest absolute Gasteiger partial charge is 0.311 e. The summed E-state index contributed by atoms with van der Waals surface area (Å²) in [5, 5.41) is 55.7. The van der Waals surface area contributed by atoms with Crippen molar-refractivity contribution in [2.24, 2.45) is 23.7 Å². The third-order valence-electron chi connectivity index (χ3n) is 12.4. The van der Waals surface area contributed by atoms with Gasteiger partial charge in [-0.3, -0.25) is 9.59 Å². The number of nitrogens with zero attached hydrogens (tertiary/aromatic N) is 1. The van der Waals surface area contributed by atoms with Crippen LogP contribution in [-0.2, 0) is 42.7 Å². The zero-order chi connectivity index (χ0) is 40.4. The third-order valence-corrected chi connectivity index (χ3v) is 12.4. The number of methoxy groups -OCH3 is 2. The van der Waals surface area contributed by atoms with Gasteiger partial charge in [0.15, 0.2) is 12.6 Å². The highest BCUT2D eigenvalue weighted by atomic mass is 16.7. The summed E-state index contributed by atoms with van der Waals surface area (Å²) in [6.07, 6.45) is -9.97. The van der Waals surface area contributed by atoms with Gasteiger partial charge >= 0.3 is 5.97 Å². The van der Waals surface area contributed by atoms with Gasteiger partial charge in [0, 0.05) is 44.4 Å². The van der Waals surface area contributed by atoms with Crippen LogP contribution in [0.15, 0.2) is 0 Å². The zero-order valence-electron chi connectivity index (χ0n) is 34.1. The SMILES string of the molecule is CC[C@H]1OC(=O)[C@H](C)[C@@H](O[C@H]2C[C@@](C)(OC)[C@@H](O)[C@H](C)O2)[C@H](C)[C@@H](O[C@@H]2O[C@H](CO)C[C@H](N(C)C)[C@H]2O)[C@](C)(OC)C[C@@H](C)C(=O)[C@H](C)[C@@H](O)[C@]1(C)O. The second-order valence-electron chi connectivity index (χ2n) is 16.6. The Labute approximate surface area is 315 Å². The first-order valence-electron chi connectivity index (χ1n) is 19.0. The topological polar surface area (TPSA) is 203 Å². The number of ether oxygens (including phenoxy) is 7. The Bertz CT molecular complexity index is 1210. The van der Waals surface area contributed by atoms with Crippen LogP contribution in [-0.4, -0.2) is 161 Å². The highest BCUT2D eigenvalue weighted by Crippen LogP contribution is 2.41. The molecule has 0 bridgehead atoms. The van der Waals surface area contributed by atoms with Crippen molar-refractivity contribution in [1.82, 2.24) is 4.90 Å². The minimum atomic E-state index is -1.99. The number of likely N-dealkylation sites (N-methyl/N-ethyl adjacent to an activating group) is 1. The van der Waals surface area contributed by atoms with Gasteiger partial charge < -0.3 is 63.6 Å². The summed E-state index contributed by atoms with van der Waals surface area (Å²) in [4.78, 5) is 30.0. The quantitative estimate of drug-likeness (QED) is 0.211. The average Bonchev–Trinajstić information content (AvgIpc) is 3.11. The molecule has 5 N–H and O–H groups in total. The van der Waals surface area contributed by atoms with Crippen LogP contribution in [0.5, 0.6) is 0 Å². The minimum Gasteiger partial charge on any atom is -0.459 e. The Morgan fingerprint density at radius 1 is 0.868 bits per heavy atom. The van der Waals surface area contributed by atoms with Crippen LogP contribution in [0.4, 0.5) is 0 Å². The Morgan fingerprint density at radius 2 is 1.47 bits per heavy atom. The average molecular weight is 764 g/mol. The van der Waals surface area contributed by atoms with E-state index >= 15 is 0 Å². The van der Waals surface area contributed by atoms with E-state index in [1.165, 1.54) is 28.1 Å². The fourth-order valence-electron chi connectivity index (χ4n) is 8.59. The van der Waals surface area contributed by atoms with Crippen LogP contribution in [0.1, 0.15) is 88.0 Å². The first-order chi connectivity index (χ1) is 24.5. The summed E-state index contributed by atoms with van der Waals surface area (Å²) in [5.74, 6) is -4.70.